The standard InChI is InChI=1S/C25H44N2O5/c1-15(2)20(26(9)23(29)18(5)25(6,7)8)14-16(3)22(28)27-13-11-12-19(27)21(32-10)17(4)24(30)31/h14-15,17-21H,11-13H2,1-10H3,(H,30,31)/b16-14+/t17-,18-,19+,20-,21-/m1/s1. The monoisotopic (exact) mass is 452 g/mol. The van der Waals surface area contributed by atoms with Gasteiger partial charge in [0.1, 0.15) is 0 Å². The molecule has 1 rings (SSSR count). The number of methoxy groups -OCH3 is 1. The average Bonchev–Trinajstić information content (AvgIpc) is 3.18. The molecule has 0 saturated carbocycles. The van der Waals surface area contributed by atoms with Gasteiger partial charge in [-0.05, 0) is 38.0 Å². The van der Waals surface area contributed by atoms with Gasteiger partial charge in [-0.2, -0.15) is 0 Å². The minimum absolute atomic E-state index is 0.0569. The molecule has 1 fully saturated rings. The maximum Gasteiger partial charge on any atom is 0.308 e. The van der Waals surface area contributed by atoms with Crippen LogP contribution in [0.25, 0.3) is 0 Å². The fourth-order valence-corrected chi connectivity index (χ4v) is 4.35. The Labute approximate surface area is 194 Å². The smallest absolute Gasteiger partial charge is 0.308 e. The Morgan fingerprint density at radius 3 is 2.16 bits per heavy atom. The van der Waals surface area contributed by atoms with E-state index in [-0.39, 0.29) is 41.1 Å². The Morgan fingerprint density at radius 2 is 1.72 bits per heavy atom. The summed E-state index contributed by atoms with van der Waals surface area (Å²) in [5.74, 6) is -1.73. The highest BCUT2D eigenvalue weighted by Gasteiger charge is 2.40. The lowest BCUT2D eigenvalue weighted by molar-refractivity contribution is -0.149. The van der Waals surface area contributed by atoms with Gasteiger partial charge in [0.25, 0.3) is 0 Å². The molecule has 1 heterocycles. The molecular formula is C25H44N2O5. The van der Waals surface area contributed by atoms with Crippen molar-refractivity contribution in [2.75, 3.05) is 20.7 Å². The summed E-state index contributed by atoms with van der Waals surface area (Å²) in [6, 6.07) is -0.492. The molecule has 2 amide bonds. The molecule has 32 heavy (non-hydrogen) atoms. The number of rotatable bonds is 9. The Bertz CT molecular complexity index is 710. The van der Waals surface area contributed by atoms with Gasteiger partial charge in [0.05, 0.1) is 24.1 Å². The van der Waals surface area contributed by atoms with Crippen LogP contribution < -0.4 is 0 Å². The molecule has 0 bridgehead atoms. The molecule has 184 valence electrons. The van der Waals surface area contributed by atoms with Crippen molar-refractivity contribution in [1.82, 2.24) is 9.80 Å². The lowest BCUT2D eigenvalue weighted by Gasteiger charge is -2.36. The first-order valence-corrected chi connectivity index (χ1v) is 11.7. The number of amides is 2. The summed E-state index contributed by atoms with van der Waals surface area (Å²) < 4.78 is 5.52. The predicted molar refractivity (Wildman–Crippen MR) is 126 cm³/mol. The molecule has 1 aliphatic rings. The highest BCUT2D eigenvalue weighted by molar-refractivity contribution is 5.93. The van der Waals surface area contributed by atoms with Crippen LogP contribution in [0, 0.1) is 23.2 Å². The summed E-state index contributed by atoms with van der Waals surface area (Å²) in [6.45, 7) is 16.2. The molecule has 0 unspecified atom stereocenters. The third-order valence-corrected chi connectivity index (χ3v) is 7.00. The molecule has 1 saturated heterocycles. The van der Waals surface area contributed by atoms with Crippen LogP contribution in [0.2, 0.25) is 0 Å². The molecule has 0 spiro atoms. The van der Waals surface area contributed by atoms with Crippen LogP contribution in [0.5, 0.6) is 0 Å². The number of likely N-dealkylation sites (N-methyl/N-ethyl adjacent to an activating group) is 1. The second-order valence-corrected chi connectivity index (χ2v) is 10.7. The number of hydrogen-bond acceptors (Lipinski definition) is 4. The van der Waals surface area contributed by atoms with E-state index in [0.29, 0.717) is 18.5 Å². The lowest BCUT2D eigenvalue weighted by atomic mass is 9.81. The van der Waals surface area contributed by atoms with Crippen molar-refractivity contribution in [2.45, 2.75) is 86.4 Å². The normalized spacial score (nSPS) is 21.3. The number of carboxylic acid groups (broad SMARTS) is 1. The molecule has 0 aliphatic carbocycles. The zero-order valence-electron chi connectivity index (χ0n) is 21.6. The van der Waals surface area contributed by atoms with E-state index in [2.05, 4.69) is 20.8 Å². The van der Waals surface area contributed by atoms with E-state index in [1.807, 2.05) is 26.8 Å². The van der Waals surface area contributed by atoms with Crippen LogP contribution in [-0.2, 0) is 19.1 Å². The van der Waals surface area contributed by atoms with Crippen molar-refractivity contribution >= 4 is 17.8 Å². The average molecular weight is 453 g/mol. The van der Waals surface area contributed by atoms with Crippen LogP contribution >= 0.6 is 0 Å². The molecule has 0 aromatic heterocycles. The Balaban J connectivity index is 3.14. The second kappa shape index (κ2) is 11.3. The minimum Gasteiger partial charge on any atom is -0.481 e. The van der Waals surface area contributed by atoms with Gasteiger partial charge in [-0.25, -0.2) is 0 Å². The summed E-state index contributed by atoms with van der Waals surface area (Å²) in [6.07, 6.45) is 2.84. The van der Waals surface area contributed by atoms with Crippen molar-refractivity contribution in [3.8, 4) is 0 Å². The van der Waals surface area contributed by atoms with Crippen molar-refractivity contribution in [2.24, 2.45) is 23.2 Å². The van der Waals surface area contributed by atoms with Crippen LogP contribution in [0.4, 0.5) is 0 Å². The number of carbonyl (C=O) groups is 3. The first kappa shape index (κ1) is 28.1. The van der Waals surface area contributed by atoms with Gasteiger partial charge in [-0.3, -0.25) is 14.4 Å². The highest BCUT2D eigenvalue weighted by atomic mass is 16.5. The van der Waals surface area contributed by atoms with Gasteiger partial charge in [-0.15, -0.1) is 0 Å². The quantitative estimate of drug-likeness (QED) is 0.537. The SMILES string of the molecule is CO[C@H]([C@@H](C)C(=O)O)[C@@H]1CCCN1C(=O)/C(C)=C/[C@H](C(C)C)N(C)C(=O)[C@@H](C)C(C)(C)C. The van der Waals surface area contributed by atoms with Crippen molar-refractivity contribution < 1.29 is 24.2 Å². The molecule has 7 nitrogen and oxygen atoms in total. The van der Waals surface area contributed by atoms with E-state index >= 15 is 0 Å². The van der Waals surface area contributed by atoms with Crippen molar-refractivity contribution in [3.05, 3.63) is 11.6 Å². The van der Waals surface area contributed by atoms with Gasteiger partial charge in [-0.1, -0.05) is 47.6 Å². The van der Waals surface area contributed by atoms with E-state index in [1.165, 1.54) is 7.11 Å². The lowest BCUT2D eigenvalue weighted by Crippen LogP contribution is -2.48. The molecule has 5 atom stereocenters. The molecule has 0 aromatic carbocycles. The number of hydrogen-bond donors (Lipinski definition) is 1. The van der Waals surface area contributed by atoms with Gasteiger partial charge >= 0.3 is 5.97 Å². The first-order valence-electron chi connectivity index (χ1n) is 11.7. The largest absolute Gasteiger partial charge is 0.481 e. The number of aliphatic carboxylic acids is 1. The minimum atomic E-state index is -0.934. The third-order valence-electron chi connectivity index (χ3n) is 7.00. The number of nitrogens with zero attached hydrogens (tertiary/aromatic N) is 2. The van der Waals surface area contributed by atoms with E-state index in [4.69, 9.17) is 4.74 Å². The summed E-state index contributed by atoms with van der Waals surface area (Å²) in [5, 5.41) is 9.44. The highest BCUT2D eigenvalue weighted by Crippen LogP contribution is 2.30. The van der Waals surface area contributed by atoms with Crippen LogP contribution in [0.15, 0.2) is 11.6 Å². The van der Waals surface area contributed by atoms with E-state index < -0.39 is 18.0 Å². The van der Waals surface area contributed by atoms with Gasteiger partial charge in [0.2, 0.25) is 11.8 Å². The summed E-state index contributed by atoms with van der Waals surface area (Å²) in [5.41, 5.74) is 0.414. The zero-order chi connectivity index (χ0) is 25.0. The second-order valence-electron chi connectivity index (χ2n) is 10.7. The first-order chi connectivity index (χ1) is 14.6. The summed E-state index contributed by atoms with van der Waals surface area (Å²) in [7, 11) is 3.30. The van der Waals surface area contributed by atoms with E-state index in [1.54, 1.807) is 30.7 Å². The maximum absolute atomic E-state index is 13.4. The molecule has 1 aliphatic heterocycles. The van der Waals surface area contributed by atoms with Crippen molar-refractivity contribution in [3.63, 3.8) is 0 Å². The number of ether oxygens (including phenoxy) is 1. The number of carboxylic acids is 1. The summed E-state index contributed by atoms with van der Waals surface area (Å²) >= 11 is 0. The molecule has 0 aromatic rings. The van der Waals surface area contributed by atoms with Gasteiger partial charge < -0.3 is 19.6 Å². The van der Waals surface area contributed by atoms with Gasteiger partial charge in [0.15, 0.2) is 0 Å². The van der Waals surface area contributed by atoms with E-state index in [0.717, 1.165) is 6.42 Å². The third kappa shape index (κ3) is 6.56. The Morgan fingerprint density at radius 1 is 1.16 bits per heavy atom. The predicted octanol–water partition coefficient (Wildman–Crippen LogP) is 3.82. The van der Waals surface area contributed by atoms with Crippen LogP contribution in [0.1, 0.15) is 68.2 Å². The fraction of sp³-hybridized carbons (Fsp3) is 0.800. The van der Waals surface area contributed by atoms with E-state index in [9.17, 15) is 19.5 Å². The Hall–Kier alpha value is -1.89. The molecule has 0 radical (unpaired) electrons. The number of likely N-dealkylation sites (tertiary alicyclic amines) is 1. The van der Waals surface area contributed by atoms with Crippen LogP contribution in [-0.4, -0.2) is 71.6 Å². The summed E-state index contributed by atoms with van der Waals surface area (Å²) in [4.78, 5) is 41.5. The maximum atomic E-state index is 13.4. The number of carbonyl (C=O) groups excluding carboxylic acids is 2. The molecular weight excluding hydrogens is 408 g/mol. The van der Waals surface area contributed by atoms with Gasteiger partial charge in [0, 0.05) is 32.2 Å². The van der Waals surface area contributed by atoms with Crippen LogP contribution in [0.3, 0.4) is 0 Å². The molecule has 7 heteroatoms. The zero-order valence-corrected chi connectivity index (χ0v) is 21.6. The van der Waals surface area contributed by atoms with Crippen molar-refractivity contribution in [1.29, 1.82) is 0 Å². The molecule has 1 N–H and O–H groups in total. The fourth-order valence-electron chi connectivity index (χ4n) is 4.35. The Kier molecular flexibility index (Phi) is 9.94. The topological polar surface area (TPSA) is 87.2 Å².